The van der Waals surface area contributed by atoms with Gasteiger partial charge in [0.05, 0.1) is 32.4 Å². The molecule has 29 heavy (non-hydrogen) atoms. The molecule has 2 unspecified atom stereocenters. The molecule has 8 heteroatoms. The van der Waals surface area contributed by atoms with E-state index in [4.69, 9.17) is 9.47 Å². The Morgan fingerprint density at radius 3 is 2.93 bits per heavy atom. The molecule has 4 heterocycles. The Balaban J connectivity index is 1.33. The van der Waals surface area contributed by atoms with Gasteiger partial charge < -0.3 is 14.8 Å². The van der Waals surface area contributed by atoms with Crippen molar-refractivity contribution in [2.24, 2.45) is 11.8 Å². The highest BCUT2D eigenvalue weighted by Crippen LogP contribution is 2.37. The molecule has 1 amide bonds. The van der Waals surface area contributed by atoms with Gasteiger partial charge in [-0.25, -0.2) is 0 Å². The number of fused-ring (bicyclic) bond motifs is 3. The fourth-order valence-corrected chi connectivity index (χ4v) is 4.65. The summed E-state index contributed by atoms with van der Waals surface area (Å²) in [5.74, 6) is 1.42. The minimum atomic E-state index is 0.0505. The molecule has 3 saturated heterocycles. The summed E-state index contributed by atoms with van der Waals surface area (Å²) in [6, 6.07) is 8.21. The molecule has 0 aliphatic carbocycles. The zero-order valence-electron chi connectivity index (χ0n) is 17.1. The van der Waals surface area contributed by atoms with E-state index in [1.807, 2.05) is 35.1 Å². The van der Waals surface area contributed by atoms with E-state index >= 15 is 0 Å². The van der Waals surface area contributed by atoms with Gasteiger partial charge in [0.1, 0.15) is 11.4 Å². The Morgan fingerprint density at radius 1 is 1.31 bits per heavy atom. The van der Waals surface area contributed by atoms with Crippen LogP contribution in [-0.2, 0) is 29.2 Å². The highest BCUT2D eigenvalue weighted by atomic mass is 16.5. The first-order chi connectivity index (χ1) is 14.2. The second-order valence-corrected chi connectivity index (χ2v) is 7.93. The van der Waals surface area contributed by atoms with Crippen LogP contribution in [0.25, 0.3) is 0 Å². The molecule has 0 saturated carbocycles. The topological polar surface area (TPSA) is 81.5 Å². The number of hydrogen-bond donors (Lipinski definition) is 1. The number of piperidine rings is 3. The van der Waals surface area contributed by atoms with Gasteiger partial charge in [-0.2, -0.15) is 0 Å². The lowest BCUT2D eigenvalue weighted by Gasteiger charge is -2.49. The third-order valence-electron chi connectivity index (χ3n) is 6.14. The summed E-state index contributed by atoms with van der Waals surface area (Å²) in [6.07, 6.45) is 4.05. The molecular formula is C21H29N5O3. The molecule has 5 rings (SSSR count). The number of carbonyl (C=O) groups is 1. The minimum Gasteiger partial charge on any atom is -0.496 e. The first kappa shape index (κ1) is 19.8. The Hall–Kier alpha value is -2.45. The van der Waals surface area contributed by atoms with Crippen molar-refractivity contribution in [3.05, 3.63) is 41.7 Å². The standard InChI is InChI=1S/C21H29N5O3/c1-28-14-17-11-26(24-23-17)12-18-9-15-7-8-25(18)13-19(15)21(27)22-10-16-5-3-4-6-20(16)29-2/h3-6,11,15,18-19H,7-10,12-14H2,1-2H3,(H,22,27)/t15?,18-,19+/m1/s1. The van der Waals surface area contributed by atoms with Crippen LogP contribution in [-0.4, -0.2) is 59.2 Å². The summed E-state index contributed by atoms with van der Waals surface area (Å²) in [5.41, 5.74) is 1.85. The maximum absolute atomic E-state index is 12.9. The fraction of sp³-hybridized carbons (Fsp3) is 0.571. The number of amides is 1. The predicted octanol–water partition coefficient (Wildman–Crippen LogP) is 1.46. The van der Waals surface area contributed by atoms with Crippen molar-refractivity contribution in [3.8, 4) is 5.75 Å². The zero-order chi connectivity index (χ0) is 20.2. The molecule has 0 spiro atoms. The second kappa shape index (κ2) is 8.92. The van der Waals surface area contributed by atoms with E-state index in [1.165, 1.54) is 0 Å². The molecule has 8 nitrogen and oxygen atoms in total. The zero-order valence-corrected chi connectivity index (χ0v) is 17.1. The highest BCUT2D eigenvalue weighted by Gasteiger charge is 2.43. The third-order valence-corrected chi connectivity index (χ3v) is 6.14. The van der Waals surface area contributed by atoms with E-state index in [9.17, 15) is 4.79 Å². The highest BCUT2D eigenvalue weighted by molar-refractivity contribution is 5.79. The molecule has 3 fully saturated rings. The summed E-state index contributed by atoms with van der Waals surface area (Å²) in [5, 5.41) is 11.5. The van der Waals surface area contributed by atoms with Gasteiger partial charge in [-0.05, 0) is 31.4 Å². The normalized spacial score (nSPS) is 25.7. The van der Waals surface area contributed by atoms with Gasteiger partial charge in [-0.3, -0.25) is 14.4 Å². The molecule has 4 atom stereocenters. The summed E-state index contributed by atoms with van der Waals surface area (Å²) in [7, 11) is 3.31. The molecular weight excluding hydrogens is 370 g/mol. The molecule has 2 aromatic rings. The van der Waals surface area contributed by atoms with Crippen LogP contribution < -0.4 is 10.1 Å². The molecule has 3 aliphatic rings. The number of nitrogens with zero attached hydrogens (tertiary/aromatic N) is 4. The van der Waals surface area contributed by atoms with E-state index in [0.717, 1.165) is 49.5 Å². The Bertz CT molecular complexity index is 839. The Labute approximate surface area is 171 Å². The number of nitrogens with one attached hydrogen (secondary N) is 1. The number of para-hydroxylation sites is 1. The van der Waals surface area contributed by atoms with Crippen LogP contribution in [0.2, 0.25) is 0 Å². The van der Waals surface area contributed by atoms with E-state index < -0.39 is 0 Å². The number of hydrogen-bond acceptors (Lipinski definition) is 6. The van der Waals surface area contributed by atoms with Gasteiger partial charge in [-0.15, -0.1) is 5.10 Å². The van der Waals surface area contributed by atoms with E-state index in [1.54, 1.807) is 14.2 Å². The predicted molar refractivity (Wildman–Crippen MR) is 107 cm³/mol. The van der Waals surface area contributed by atoms with Crippen LogP contribution >= 0.6 is 0 Å². The van der Waals surface area contributed by atoms with Gasteiger partial charge in [0.25, 0.3) is 0 Å². The van der Waals surface area contributed by atoms with E-state index in [-0.39, 0.29) is 11.8 Å². The average Bonchev–Trinajstić information content (AvgIpc) is 3.19. The fourth-order valence-electron chi connectivity index (χ4n) is 4.65. The molecule has 1 aromatic carbocycles. The molecule has 156 valence electrons. The summed E-state index contributed by atoms with van der Waals surface area (Å²) < 4.78 is 12.4. The van der Waals surface area contributed by atoms with Crippen molar-refractivity contribution in [1.29, 1.82) is 0 Å². The first-order valence-electron chi connectivity index (χ1n) is 10.2. The van der Waals surface area contributed by atoms with Gasteiger partial charge in [-0.1, -0.05) is 23.4 Å². The third kappa shape index (κ3) is 4.43. The van der Waals surface area contributed by atoms with Crippen molar-refractivity contribution in [2.45, 2.75) is 38.6 Å². The number of benzene rings is 1. The smallest absolute Gasteiger partial charge is 0.224 e. The average molecular weight is 399 g/mol. The lowest BCUT2D eigenvalue weighted by molar-refractivity contribution is -0.133. The van der Waals surface area contributed by atoms with Crippen LogP contribution in [0.15, 0.2) is 30.5 Å². The minimum absolute atomic E-state index is 0.0505. The summed E-state index contributed by atoms with van der Waals surface area (Å²) >= 11 is 0. The molecule has 1 N–H and O–H groups in total. The van der Waals surface area contributed by atoms with Crippen LogP contribution in [0.1, 0.15) is 24.1 Å². The van der Waals surface area contributed by atoms with Crippen molar-refractivity contribution in [3.63, 3.8) is 0 Å². The van der Waals surface area contributed by atoms with Gasteiger partial charge >= 0.3 is 0 Å². The second-order valence-electron chi connectivity index (χ2n) is 7.93. The maximum Gasteiger partial charge on any atom is 0.224 e. The Kier molecular flexibility index (Phi) is 6.10. The van der Waals surface area contributed by atoms with E-state index in [0.29, 0.717) is 25.1 Å². The molecule has 3 aliphatic heterocycles. The van der Waals surface area contributed by atoms with Crippen molar-refractivity contribution < 1.29 is 14.3 Å². The van der Waals surface area contributed by atoms with Crippen LogP contribution in [0.5, 0.6) is 5.75 Å². The van der Waals surface area contributed by atoms with Crippen molar-refractivity contribution in [2.75, 3.05) is 27.3 Å². The van der Waals surface area contributed by atoms with E-state index in [2.05, 4.69) is 20.5 Å². The summed E-state index contributed by atoms with van der Waals surface area (Å²) in [6.45, 7) is 3.64. The number of carbonyl (C=O) groups excluding carboxylic acids is 1. The summed E-state index contributed by atoms with van der Waals surface area (Å²) in [4.78, 5) is 15.3. The first-order valence-corrected chi connectivity index (χ1v) is 10.2. The van der Waals surface area contributed by atoms with Gasteiger partial charge in [0.2, 0.25) is 5.91 Å². The number of methoxy groups -OCH3 is 2. The number of ether oxygens (including phenoxy) is 2. The lowest BCUT2D eigenvalue weighted by Crippen LogP contribution is -2.58. The monoisotopic (exact) mass is 399 g/mol. The van der Waals surface area contributed by atoms with Gasteiger partial charge in [0.15, 0.2) is 0 Å². The molecule has 1 aromatic heterocycles. The van der Waals surface area contributed by atoms with Crippen LogP contribution in [0.4, 0.5) is 0 Å². The Morgan fingerprint density at radius 2 is 2.17 bits per heavy atom. The molecule has 0 radical (unpaired) electrons. The quantitative estimate of drug-likeness (QED) is 0.724. The maximum atomic E-state index is 12.9. The largest absolute Gasteiger partial charge is 0.496 e. The van der Waals surface area contributed by atoms with Crippen LogP contribution in [0.3, 0.4) is 0 Å². The molecule has 2 bridgehead atoms. The number of rotatable bonds is 8. The van der Waals surface area contributed by atoms with Crippen LogP contribution in [0, 0.1) is 11.8 Å². The SMILES string of the molecule is COCc1cn(C[C@H]2CC3CCN2C[C@@H]3C(=O)NCc2ccccc2OC)nn1. The lowest BCUT2D eigenvalue weighted by atomic mass is 9.75. The number of aromatic nitrogens is 3. The van der Waals surface area contributed by atoms with Crippen molar-refractivity contribution >= 4 is 5.91 Å². The van der Waals surface area contributed by atoms with Gasteiger partial charge in [0, 0.05) is 31.8 Å². The van der Waals surface area contributed by atoms with Crippen molar-refractivity contribution in [1.82, 2.24) is 25.2 Å².